The van der Waals surface area contributed by atoms with Crippen LogP contribution in [-0.4, -0.2) is 21.4 Å². The first-order valence-electron chi connectivity index (χ1n) is 6.77. The van der Waals surface area contributed by atoms with Crippen LogP contribution in [-0.2, 0) is 27.1 Å². The Morgan fingerprint density at radius 3 is 2.30 bits per heavy atom. The van der Waals surface area contributed by atoms with Crippen LogP contribution in [0.2, 0.25) is 0 Å². The van der Waals surface area contributed by atoms with Gasteiger partial charge in [-0.15, -0.1) is 0 Å². The number of rotatable bonds is 6. The van der Waals surface area contributed by atoms with E-state index in [-0.39, 0.29) is 17.6 Å². The Labute approximate surface area is 119 Å². The minimum Gasteiger partial charge on any atom is -0.352 e. The maximum atomic E-state index is 11.7. The highest BCUT2D eigenvalue weighted by Crippen LogP contribution is 2.26. The van der Waals surface area contributed by atoms with E-state index in [1.54, 1.807) is 12.1 Å². The van der Waals surface area contributed by atoms with Crippen LogP contribution in [0.3, 0.4) is 0 Å². The van der Waals surface area contributed by atoms with E-state index >= 15 is 0 Å². The van der Waals surface area contributed by atoms with Gasteiger partial charge in [-0.2, -0.15) is 0 Å². The molecule has 1 amide bonds. The average Bonchev–Trinajstić information content (AvgIpc) is 2.35. The van der Waals surface area contributed by atoms with E-state index in [2.05, 4.69) is 10.0 Å². The van der Waals surface area contributed by atoms with Crippen molar-refractivity contribution in [1.82, 2.24) is 10.0 Å². The molecule has 20 heavy (non-hydrogen) atoms. The molecule has 2 N–H and O–H groups in total. The van der Waals surface area contributed by atoms with Crippen molar-refractivity contribution in [3.05, 3.63) is 35.4 Å². The molecule has 1 aliphatic carbocycles. The van der Waals surface area contributed by atoms with Crippen LogP contribution < -0.4 is 10.0 Å². The predicted molar refractivity (Wildman–Crippen MR) is 77.3 cm³/mol. The first-order valence-corrected chi connectivity index (χ1v) is 8.42. The summed E-state index contributed by atoms with van der Waals surface area (Å²) < 4.78 is 25.1. The lowest BCUT2D eigenvalue weighted by Gasteiger charge is -2.24. The van der Waals surface area contributed by atoms with E-state index in [0.717, 1.165) is 30.4 Å². The largest absolute Gasteiger partial charge is 0.352 e. The van der Waals surface area contributed by atoms with Gasteiger partial charge in [-0.1, -0.05) is 30.7 Å². The predicted octanol–water partition coefficient (Wildman–Crippen LogP) is 1.15. The molecule has 0 radical (unpaired) electrons. The highest BCUT2D eigenvalue weighted by atomic mass is 32.2. The molecule has 1 aromatic carbocycles. The number of sulfonamides is 1. The van der Waals surface area contributed by atoms with Crippen LogP contribution in [0.25, 0.3) is 0 Å². The molecule has 110 valence electrons. The van der Waals surface area contributed by atoms with E-state index in [1.807, 2.05) is 12.1 Å². The van der Waals surface area contributed by atoms with Crippen molar-refractivity contribution in [1.29, 1.82) is 0 Å². The number of benzene rings is 1. The zero-order valence-corrected chi connectivity index (χ0v) is 12.4. The van der Waals surface area contributed by atoms with Crippen LogP contribution >= 0.6 is 0 Å². The Morgan fingerprint density at radius 2 is 1.80 bits per heavy atom. The monoisotopic (exact) mass is 296 g/mol. The minimum atomic E-state index is -3.24. The summed E-state index contributed by atoms with van der Waals surface area (Å²) in [6, 6.07) is 7.25. The molecule has 5 nitrogen and oxygen atoms in total. The lowest BCUT2D eigenvalue weighted by molar-refractivity contribution is -0.127. The molecular formula is C14H20N2O3S. The van der Waals surface area contributed by atoms with E-state index < -0.39 is 10.0 Å². The van der Waals surface area contributed by atoms with Crippen LogP contribution in [0, 0.1) is 5.92 Å². The maximum Gasteiger partial charge on any atom is 0.223 e. The molecule has 0 aromatic heterocycles. The van der Waals surface area contributed by atoms with Crippen molar-refractivity contribution < 1.29 is 13.2 Å². The van der Waals surface area contributed by atoms with Crippen molar-refractivity contribution in [2.45, 2.75) is 31.6 Å². The summed E-state index contributed by atoms with van der Waals surface area (Å²) in [5.41, 5.74) is 1.71. The van der Waals surface area contributed by atoms with Crippen LogP contribution in [0.15, 0.2) is 24.3 Å². The van der Waals surface area contributed by atoms with Crippen LogP contribution in [0.1, 0.15) is 30.4 Å². The lowest BCUT2D eigenvalue weighted by Crippen LogP contribution is -2.33. The fourth-order valence-corrected chi connectivity index (χ4v) is 2.82. The van der Waals surface area contributed by atoms with Crippen molar-refractivity contribution >= 4 is 15.9 Å². The van der Waals surface area contributed by atoms with E-state index in [4.69, 9.17) is 0 Å². The first-order chi connectivity index (χ1) is 9.50. The summed E-state index contributed by atoms with van der Waals surface area (Å²) in [5, 5.41) is 2.91. The third kappa shape index (κ3) is 4.05. The molecule has 0 heterocycles. The van der Waals surface area contributed by atoms with Crippen LogP contribution in [0.4, 0.5) is 0 Å². The van der Waals surface area contributed by atoms with Gasteiger partial charge in [-0.25, -0.2) is 13.1 Å². The number of carbonyl (C=O) groups is 1. The smallest absolute Gasteiger partial charge is 0.223 e. The summed E-state index contributed by atoms with van der Waals surface area (Å²) in [6.45, 7) is 0.494. The van der Waals surface area contributed by atoms with Gasteiger partial charge >= 0.3 is 0 Å². The zero-order valence-electron chi connectivity index (χ0n) is 11.6. The summed E-state index contributed by atoms with van der Waals surface area (Å²) in [5.74, 6) is 0.284. The minimum absolute atomic E-state index is 0.0296. The van der Waals surface area contributed by atoms with Gasteiger partial charge < -0.3 is 5.32 Å². The maximum absolute atomic E-state index is 11.7. The Hall–Kier alpha value is -1.40. The van der Waals surface area contributed by atoms with Gasteiger partial charge in [0.15, 0.2) is 0 Å². The second-order valence-corrected chi connectivity index (χ2v) is 7.05. The molecule has 0 saturated heterocycles. The highest BCUT2D eigenvalue weighted by Gasteiger charge is 2.24. The second-order valence-electron chi connectivity index (χ2n) is 5.13. The fraction of sp³-hybridized carbons (Fsp3) is 0.500. The Balaban J connectivity index is 1.86. The van der Waals surface area contributed by atoms with Gasteiger partial charge in [0.2, 0.25) is 15.9 Å². The van der Waals surface area contributed by atoms with Crippen molar-refractivity contribution in [2.24, 2.45) is 5.92 Å². The van der Waals surface area contributed by atoms with Crippen molar-refractivity contribution in [3.8, 4) is 0 Å². The molecular weight excluding hydrogens is 276 g/mol. The van der Waals surface area contributed by atoms with E-state index in [1.165, 1.54) is 7.05 Å². The molecule has 1 fully saturated rings. The molecule has 1 aromatic rings. The van der Waals surface area contributed by atoms with E-state index in [9.17, 15) is 13.2 Å². The van der Waals surface area contributed by atoms with Crippen molar-refractivity contribution in [3.63, 3.8) is 0 Å². The number of hydrogen-bond acceptors (Lipinski definition) is 3. The third-order valence-corrected chi connectivity index (χ3v) is 4.97. The summed E-state index contributed by atoms with van der Waals surface area (Å²) >= 11 is 0. The average molecular weight is 296 g/mol. The molecule has 2 rings (SSSR count). The number of amides is 1. The first kappa shape index (κ1) is 15.0. The second kappa shape index (κ2) is 6.37. The quantitative estimate of drug-likeness (QED) is 0.827. The van der Waals surface area contributed by atoms with E-state index in [0.29, 0.717) is 6.54 Å². The molecule has 6 heteroatoms. The molecule has 0 spiro atoms. The molecule has 0 atom stereocenters. The van der Waals surface area contributed by atoms with Crippen LogP contribution in [0.5, 0.6) is 0 Å². The standard InChI is InChI=1S/C14H20N2O3S/c1-15-20(18,19)10-12-7-5-11(6-8-12)9-16-14(17)13-3-2-4-13/h5-8,13,15H,2-4,9-10H2,1H3,(H,16,17). The lowest BCUT2D eigenvalue weighted by atomic mass is 9.85. The molecule has 0 bridgehead atoms. The van der Waals surface area contributed by atoms with Crippen molar-refractivity contribution in [2.75, 3.05) is 7.05 Å². The SMILES string of the molecule is CNS(=O)(=O)Cc1ccc(CNC(=O)C2CCC2)cc1. The molecule has 0 unspecified atom stereocenters. The Bertz CT molecular complexity index is 563. The number of carbonyl (C=O) groups excluding carboxylic acids is 1. The summed E-state index contributed by atoms with van der Waals surface area (Å²) in [7, 11) is -1.84. The molecule has 1 aliphatic rings. The normalized spacial score (nSPS) is 15.7. The summed E-state index contributed by atoms with van der Waals surface area (Å²) in [6.07, 6.45) is 3.13. The van der Waals surface area contributed by atoms with Gasteiger partial charge in [0, 0.05) is 12.5 Å². The third-order valence-electron chi connectivity index (χ3n) is 3.63. The van der Waals surface area contributed by atoms with Gasteiger partial charge in [-0.3, -0.25) is 4.79 Å². The Morgan fingerprint density at radius 1 is 1.20 bits per heavy atom. The highest BCUT2D eigenvalue weighted by molar-refractivity contribution is 7.88. The van der Waals surface area contributed by atoms with Gasteiger partial charge in [0.25, 0.3) is 0 Å². The Kier molecular flexibility index (Phi) is 4.77. The topological polar surface area (TPSA) is 75.3 Å². The number of hydrogen-bond donors (Lipinski definition) is 2. The zero-order chi connectivity index (χ0) is 14.6. The molecule has 1 saturated carbocycles. The fourth-order valence-electron chi connectivity index (χ4n) is 2.05. The molecule has 0 aliphatic heterocycles. The van der Waals surface area contributed by atoms with Gasteiger partial charge in [0.1, 0.15) is 0 Å². The summed E-state index contributed by atoms with van der Waals surface area (Å²) in [4.78, 5) is 11.7. The van der Waals surface area contributed by atoms with Gasteiger partial charge in [-0.05, 0) is 31.0 Å². The van der Waals surface area contributed by atoms with Gasteiger partial charge in [0.05, 0.1) is 5.75 Å². The number of nitrogens with one attached hydrogen (secondary N) is 2.